The van der Waals surface area contributed by atoms with Gasteiger partial charge in [0.25, 0.3) is 0 Å². The Kier molecular flexibility index (Phi) is 6.92. The van der Waals surface area contributed by atoms with E-state index in [2.05, 4.69) is 15.4 Å². The van der Waals surface area contributed by atoms with Crippen LogP contribution in [0.4, 0.5) is 10.1 Å². The maximum atomic E-state index is 14.4. The standard InChI is InChI=1S/C20H26FN3O3S/c1-20(2,3)24-28(26,27)15-10-11-17(16(21)13-15)23-19(25)18(22-4)12-14-8-6-5-7-9-14/h5-11,13,18,22,24H,12H2,1-4H3,(H,23,25)/t18-/m0/s1. The van der Waals surface area contributed by atoms with E-state index >= 15 is 0 Å². The zero-order chi connectivity index (χ0) is 20.9. The van der Waals surface area contributed by atoms with E-state index in [-0.39, 0.29) is 10.6 Å². The number of carbonyl (C=O) groups excluding carboxylic acids is 1. The van der Waals surface area contributed by atoms with Gasteiger partial charge in [-0.3, -0.25) is 4.79 Å². The summed E-state index contributed by atoms with van der Waals surface area (Å²) in [5.74, 6) is -1.23. The molecular formula is C20H26FN3O3S. The number of likely N-dealkylation sites (N-methyl/N-ethyl adjacent to an activating group) is 1. The molecule has 0 saturated carbocycles. The van der Waals surface area contributed by atoms with Crippen LogP contribution in [0, 0.1) is 5.82 Å². The second-order valence-corrected chi connectivity index (χ2v) is 9.20. The fourth-order valence-electron chi connectivity index (χ4n) is 2.62. The van der Waals surface area contributed by atoms with Gasteiger partial charge in [-0.2, -0.15) is 0 Å². The molecule has 0 aromatic heterocycles. The highest BCUT2D eigenvalue weighted by atomic mass is 32.2. The number of halogens is 1. The first-order valence-electron chi connectivity index (χ1n) is 8.87. The SMILES string of the molecule is CN[C@@H](Cc1ccccc1)C(=O)Nc1ccc(S(=O)(=O)NC(C)(C)C)cc1F. The van der Waals surface area contributed by atoms with Crippen molar-refractivity contribution in [3.8, 4) is 0 Å². The molecule has 2 aromatic rings. The first-order chi connectivity index (χ1) is 13.0. The van der Waals surface area contributed by atoms with Crippen LogP contribution in [0.3, 0.4) is 0 Å². The zero-order valence-corrected chi connectivity index (χ0v) is 17.2. The van der Waals surface area contributed by atoms with Crippen LogP contribution in [0.5, 0.6) is 0 Å². The van der Waals surface area contributed by atoms with Crippen molar-refractivity contribution >= 4 is 21.6 Å². The Labute approximate surface area is 165 Å². The summed E-state index contributed by atoms with van der Waals surface area (Å²) in [5, 5.41) is 5.43. The molecule has 0 heterocycles. The van der Waals surface area contributed by atoms with Gasteiger partial charge in [0.1, 0.15) is 5.82 Å². The van der Waals surface area contributed by atoms with E-state index in [1.165, 1.54) is 12.1 Å². The molecule has 0 bridgehead atoms. The first kappa shape index (κ1) is 22.0. The predicted molar refractivity (Wildman–Crippen MR) is 108 cm³/mol. The van der Waals surface area contributed by atoms with Crippen molar-refractivity contribution in [3.05, 3.63) is 59.9 Å². The van der Waals surface area contributed by atoms with Gasteiger partial charge in [0.05, 0.1) is 16.6 Å². The molecule has 1 atom stereocenters. The van der Waals surface area contributed by atoms with Crippen molar-refractivity contribution in [3.63, 3.8) is 0 Å². The van der Waals surface area contributed by atoms with E-state index in [0.29, 0.717) is 6.42 Å². The van der Waals surface area contributed by atoms with E-state index in [9.17, 15) is 17.6 Å². The van der Waals surface area contributed by atoms with E-state index in [1.807, 2.05) is 30.3 Å². The topological polar surface area (TPSA) is 87.3 Å². The van der Waals surface area contributed by atoms with Crippen LogP contribution in [0.2, 0.25) is 0 Å². The molecule has 0 fully saturated rings. The molecule has 0 aliphatic heterocycles. The molecule has 2 aromatic carbocycles. The highest BCUT2D eigenvalue weighted by Crippen LogP contribution is 2.20. The predicted octanol–water partition coefficient (Wildman–Crippen LogP) is 2.67. The number of hydrogen-bond acceptors (Lipinski definition) is 4. The monoisotopic (exact) mass is 407 g/mol. The Morgan fingerprint density at radius 1 is 1.11 bits per heavy atom. The number of carbonyl (C=O) groups is 1. The minimum atomic E-state index is -3.86. The largest absolute Gasteiger partial charge is 0.322 e. The van der Waals surface area contributed by atoms with Gasteiger partial charge in [-0.05, 0) is 58.0 Å². The van der Waals surface area contributed by atoms with Crippen LogP contribution in [0.15, 0.2) is 53.4 Å². The Morgan fingerprint density at radius 3 is 2.29 bits per heavy atom. The molecule has 0 spiro atoms. The summed E-state index contributed by atoms with van der Waals surface area (Å²) < 4.78 is 41.5. The third kappa shape index (κ3) is 6.12. The van der Waals surface area contributed by atoms with Crippen molar-refractivity contribution in [1.29, 1.82) is 0 Å². The molecule has 0 aliphatic rings. The molecular weight excluding hydrogens is 381 g/mol. The smallest absolute Gasteiger partial charge is 0.241 e. The van der Waals surface area contributed by atoms with E-state index in [0.717, 1.165) is 11.6 Å². The van der Waals surface area contributed by atoms with Gasteiger partial charge < -0.3 is 10.6 Å². The molecule has 28 heavy (non-hydrogen) atoms. The molecule has 2 rings (SSSR count). The summed E-state index contributed by atoms with van der Waals surface area (Å²) in [4.78, 5) is 12.3. The number of benzene rings is 2. The van der Waals surface area contributed by atoms with Gasteiger partial charge in [0.15, 0.2) is 0 Å². The summed E-state index contributed by atoms with van der Waals surface area (Å²) in [6, 6.07) is 12.3. The highest BCUT2D eigenvalue weighted by Gasteiger charge is 2.24. The summed E-state index contributed by atoms with van der Waals surface area (Å²) in [6.07, 6.45) is 0.437. The second-order valence-electron chi connectivity index (χ2n) is 7.52. The van der Waals surface area contributed by atoms with E-state index in [4.69, 9.17) is 0 Å². The summed E-state index contributed by atoms with van der Waals surface area (Å²) >= 11 is 0. The van der Waals surface area contributed by atoms with Gasteiger partial charge >= 0.3 is 0 Å². The Balaban J connectivity index is 2.14. The minimum Gasteiger partial charge on any atom is -0.322 e. The normalized spacial score (nSPS) is 13.2. The quantitative estimate of drug-likeness (QED) is 0.659. The third-order valence-corrected chi connectivity index (χ3v) is 5.65. The molecule has 152 valence electrons. The summed E-state index contributed by atoms with van der Waals surface area (Å²) in [6.45, 7) is 5.08. The summed E-state index contributed by atoms with van der Waals surface area (Å²) in [7, 11) is -2.21. The maximum absolute atomic E-state index is 14.4. The molecule has 0 saturated heterocycles. The highest BCUT2D eigenvalue weighted by molar-refractivity contribution is 7.89. The average Bonchev–Trinajstić information content (AvgIpc) is 2.60. The lowest BCUT2D eigenvalue weighted by molar-refractivity contribution is -0.118. The lowest BCUT2D eigenvalue weighted by atomic mass is 10.1. The minimum absolute atomic E-state index is 0.0759. The number of nitrogens with one attached hydrogen (secondary N) is 3. The van der Waals surface area contributed by atoms with Gasteiger partial charge in [-0.25, -0.2) is 17.5 Å². The lowest BCUT2D eigenvalue weighted by Gasteiger charge is -2.20. The van der Waals surface area contributed by atoms with Crippen LogP contribution in [-0.2, 0) is 21.2 Å². The molecule has 1 amide bonds. The van der Waals surface area contributed by atoms with E-state index < -0.39 is 33.3 Å². The van der Waals surface area contributed by atoms with Crippen LogP contribution in [0.25, 0.3) is 0 Å². The van der Waals surface area contributed by atoms with Crippen LogP contribution in [-0.4, -0.2) is 33.0 Å². The van der Waals surface area contributed by atoms with Crippen molar-refractivity contribution in [1.82, 2.24) is 10.0 Å². The van der Waals surface area contributed by atoms with Gasteiger partial charge in [0, 0.05) is 5.54 Å². The molecule has 0 aliphatic carbocycles. The molecule has 6 nitrogen and oxygen atoms in total. The van der Waals surface area contributed by atoms with Gasteiger partial charge in [-0.1, -0.05) is 30.3 Å². The van der Waals surface area contributed by atoms with Gasteiger partial charge in [-0.15, -0.1) is 0 Å². The zero-order valence-electron chi connectivity index (χ0n) is 16.4. The number of rotatable bonds is 7. The second kappa shape index (κ2) is 8.81. The molecule has 0 radical (unpaired) electrons. The first-order valence-corrected chi connectivity index (χ1v) is 10.4. The van der Waals surface area contributed by atoms with Crippen molar-refractivity contribution in [2.45, 2.75) is 43.7 Å². The number of sulfonamides is 1. The van der Waals surface area contributed by atoms with Crippen molar-refractivity contribution in [2.24, 2.45) is 0 Å². The van der Waals surface area contributed by atoms with Gasteiger partial charge in [0.2, 0.25) is 15.9 Å². The molecule has 3 N–H and O–H groups in total. The Hall–Kier alpha value is -2.29. The third-order valence-electron chi connectivity index (χ3n) is 3.90. The maximum Gasteiger partial charge on any atom is 0.241 e. The van der Waals surface area contributed by atoms with Crippen LogP contribution in [0.1, 0.15) is 26.3 Å². The fraction of sp³-hybridized carbons (Fsp3) is 0.350. The Bertz CT molecular complexity index is 925. The van der Waals surface area contributed by atoms with Crippen molar-refractivity contribution in [2.75, 3.05) is 12.4 Å². The average molecular weight is 408 g/mol. The molecule has 0 unspecified atom stereocenters. The number of hydrogen-bond donors (Lipinski definition) is 3. The summed E-state index contributed by atoms with van der Waals surface area (Å²) in [5.41, 5.74) is 0.194. The van der Waals surface area contributed by atoms with Crippen LogP contribution >= 0.6 is 0 Å². The number of amides is 1. The fourth-order valence-corrected chi connectivity index (χ4v) is 4.05. The Morgan fingerprint density at radius 2 is 1.75 bits per heavy atom. The van der Waals surface area contributed by atoms with E-state index in [1.54, 1.807) is 27.8 Å². The van der Waals surface area contributed by atoms with Crippen LogP contribution < -0.4 is 15.4 Å². The molecule has 8 heteroatoms. The van der Waals surface area contributed by atoms with Crippen molar-refractivity contribution < 1.29 is 17.6 Å². The lowest BCUT2D eigenvalue weighted by Crippen LogP contribution is -2.41. The number of anilines is 1.